The molecule has 0 radical (unpaired) electrons. The zero-order valence-electron chi connectivity index (χ0n) is 35.4. The normalized spacial score (nSPS) is 14.2. The minimum absolute atomic E-state index is 0.0361. The highest BCUT2D eigenvalue weighted by Crippen LogP contribution is 2.41. The number of nitrogens with zero attached hydrogens (tertiary/aromatic N) is 4. The van der Waals surface area contributed by atoms with E-state index in [0.717, 1.165) is 70.2 Å². The van der Waals surface area contributed by atoms with Crippen LogP contribution in [0.15, 0.2) is 54.9 Å². The summed E-state index contributed by atoms with van der Waals surface area (Å²) >= 11 is 0. The molecule has 0 spiro atoms. The highest BCUT2D eigenvalue weighted by molar-refractivity contribution is 5.95. The molecule has 314 valence electrons. The Bertz CT molecular complexity index is 2010. The number of ether oxygens (including phenoxy) is 1. The summed E-state index contributed by atoms with van der Waals surface area (Å²) < 4.78 is 7.62. The molecule has 13 nitrogen and oxygen atoms in total. The van der Waals surface area contributed by atoms with Gasteiger partial charge in [-0.05, 0) is 111 Å². The number of likely N-dealkylation sites (N-methyl/N-ethyl adjacent to an activating group) is 1. The maximum atomic E-state index is 14.0. The van der Waals surface area contributed by atoms with Gasteiger partial charge in [0, 0.05) is 60.3 Å². The van der Waals surface area contributed by atoms with E-state index in [0.29, 0.717) is 32.3 Å². The number of aryl methyl sites for hydroxylation is 2. The Kier molecular flexibility index (Phi) is 16.6. The van der Waals surface area contributed by atoms with Gasteiger partial charge in [-0.25, -0.2) is 5.43 Å². The van der Waals surface area contributed by atoms with E-state index in [1.807, 2.05) is 51.3 Å². The number of fused-ring (bicyclic) bond motifs is 1. The number of amides is 2. The van der Waals surface area contributed by atoms with E-state index >= 15 is 0 Å². The fourth-order valence-corrected chi connectivity index (χ4v) is 8.00. The van der Waals surface area contributed by atoms with Gasteiger partial charge in [-0.2, -0.15) is 0 Å². The standard InChI is InChI=1S/C43H58N6O5.C2H4O2/c1-9-30-15-17-44-25-36(30)40-35(24-43(5,6)26-54-27-50)34-23-31(13-14-38(34)48(40)10-2)32-19-29(20-33(51)22-32)21-37(42(53)49-18-12-11-16-45-49)46-41(52)39(28(3)4)47(7)8;3-1-2-4/h13-15,17,19-20,22-23,25,27-28,37,39,45,51H,9-12,16,18,21,24,26H2,1-8H3,(H,46,52);1,4H,2H2. The molecular weight excluding hydrogens is 737 g/mol. The quantitative estimate of drug-likeness (QED) is 0.103. The van der Waals surface area contributed by atoms with Crippen molar-refractivity contribution in [2.45, 2.75) is 92.3 Å². The number of pyridine rings is 1. The number of rotatable bonds is 17. The van der Waals surface area contributed by atoms with Crippen molar-refractivity contribution in [3.05, 3.63) is 71.5 Å². The zero-order chi connectivity index (χ0) is 42.6. The Morgan fingerprint density at radius 3 is 2.41 bits per heavy atom. The highest BCUT2D eigenvalue weighted by atomic mass is 16.5. The predicted molar refractivity (Wildman–Crippen MR) is 227 cm³/mol. The molecule has 2 atom stereocenters. The van der Waals surface area contributed by atoms with Gasteiger partial charge < -0.3 is 29.6 Å². The average molecular weight is 799 g/mol. The number of carbonyl (C=O) groups is 4. The molecule has 4 N–H and O–H groups in total. The number of aromatic hydroxyl groups is 1. The minimum Gasteiger partial charge on any atom is -0.508 e. The summed E-state index contributed by atoms with van der Waals surface area (Å²) in [6.45, 7) is 14.9. The maximum absolute atomic E-state index is 14.0. The molecule has 0 bridgehead atoms. The number of phenolic OH excluding ortho intramolecular Hbond substituents is 1. The number of benzene rings is 2. The number of aliphatic hydroxyl groups excluding tert-OH is 1. The number of hydrazine groups is 1. The van der Waals surface area contributed by atoms with Crippen LogP contribution in [0.25, 0.3) is 33.3 Å². The number of hydrogen-bond donors (Lipinski definition) is 4. The van der Waals surface area contributed by atoms with E-state index in [2.05, 4.69) is 72.3 Å². The monoisotopic (exact) mass is 798 g/mol. The highest BCUT2D eigenvalue weighted by Gasteiger charge is 2.32. The third kappa shape index (κ3) is 11.3. The van der Waals surface area contributed by atoms with Crippen LogP contribution < -0.4 is 10.7 Å². The van der Waals surface area contributed by atoms with Crippen LogP contribution >= 0.6 is 0 Å². The summed E-state index contributed by atoms with van der Waals surface area (Å²) in [5.41, 5.74) is 10.9. The first-order valence-electron chi connectivity index (χ1n) is 20.2. The van der Waals surface area contributed by atoms with Crippen LogP contribution in [0.5, 0.6) is 5.75 Å². The van der Waals surface area contributed by atoms with Crippen molar-refractivity contribution in [2.24, 2.45) is 11.3 Å². The topological polar surface area (TPSA) is 166 Å². The largest absolute Gasteiger partial charge is 0.508 e. The Labute approximate surface area is 342 Å². The summed E-state index contributed by atoms with van der Waals surface area (Å²) in [6, 6.07) is 12.6. The number of aldehydes is 1. The van der Waals surface area contributed by atoms with E-state index in [4.69, 9.17) is 14.6 Å². The van der Waals surface area contributed by atoms with Crippen LogP contribution in [0.2, 0.25) is 0 Å². The van der Waals surface area contributed by atoms with Gasteiger partial charge in [0.25, 0.3) is 12.4 Å². The van der Waals surface area contributed by atoms with Crippen LogP contribution in [0.4, 0.5) is 0 Å². The summed E-state index contributed by atoms with van der Waals surface area (Å²) in [5.74, 6) is -0.293. The third-order valence-electron chi connectivity index (χ3n) is 10.5. The van der Waals surface area contributed by atoms with Crippen molar-refractivity contribution in [2.75, 3.05) is 40.4 Å². The molecular formula is C45H62N6O7. The van der Waals surface area contributed by atoms with Crippen molar-refractivity contribution in [1.29, 1.82) is 0 Å². The number of aromatic nitrogens is 2. The van der Waals surface area contributed by atoms with Crippen LogP contribution in [0, 0.1) is 11.3 Å². The molecule has 4 aromatic rings. The molecule has 2 amide bonds. The number of nitrogens with one attached hydrogen (secondary N) is 2. The van der Waals surface area contributed by atoms with E-state index in [1.165, 1.54) is 5.56 Å². The summed E-state index contributed by atoms with van der Waals surface area (Å²) in [4.78, 5) is 54.2. The second-order valence-electron chi connectivity index (χ2n) is 16.2. The van der Waals surface area contributed by atoms with Gasteiger partial charge in [0.05, 0.1) is 24.9 Å². The van der Waals surface area contributed by atoms with Gasteiger partial charge in [-0.1, -0.05) is 46.8 Å². The van der Waals surface area contributed by atoms with Crippen LogP contribution in [0.1, 0.15) is 71.1 Å². The van der Waals surface area contributed by atoms with Gasteiger partial charge in [0.1, 0.15) is 18.1 Å². The van der Waals surface area contributed by atoms with Gasteiger partial charge in [0.15, 0.2) is 0 Å². The fourth-order valence-electron chi connectivity index (χ4n) is 8.00. The molecule has 1 aliphatic heterocycles. The summed E-state index contributed by atoms with van der Waals surface area (Å²) in [6.07, 6.45) is 7.77. The molecule has 13 heteroatoms. The Hall–Kier alpha value is -5.11. The second-order valence-corrected chi connectivity index (χ2v) is 16.2. The molecule has 2 aromatic heterocycles. The molecule has 0 aliphatic carbocycles. The smallest absolute Gasteiger partial charge is 0.293 e. The number of phenols is 1. The molecule has 2 aromatic carbocycles. The number of hydrogen-bond acceptors (Lipinski definition) is 10. The van der Waals surface area contributed by atoms with Gasteiger partial charge in [-0.3, -0.25) is 29.3 Å². The SMILES string of the molecule is CCc1ccncc1-c1c(CC(C)(C)COC=O)c2cc(-c3cc(O)cc(CC(NC(=O)C(C(C)C)N(C)C)C(=O)N4CCCCN4)c3)ccc2n1CC.O=CCO. The average Bonchev–Trinajstić information content (AvgIpc) is 3.50. The first-order chi connectivity index (χ1) is 27.7. The lowest BCUT2D eigenvalue weighted by molar-refractivity contribution is -0.141. The first kappa shape index (κ1) is 45.6. The van der Waals surface area contributed by atoms with Crippen LogP contribution in [-0.2, 0) is 49.7 Å². The molecule has 1 fully saturated rings. The summed E-state index contributed by atoms with van der Waals surface area (Å²) in [5, 5.41) is 24.4. The lowest BCUT2D eigenvalue weighted by atomic mass is 9.84. The van der Waals surface area contributed by atoms with Crippen LogP contribution in [-0.4, -0.2) is 107 Å². The Morgan fingerprint density at radius 2 is 1.81 bits per heavy atom. The molecule has 5 rings (SSSR count). The van der Waals surface area contributed by atoms with Gasteiger partial charge in [-0.15, -0.1) is 0 Å². The molecule has 1 aliphatic rings. The van der Waals surface area contributed by atoms with Gasteiger partial charge in [0.2, 0.25) is 5.91 Å². The van der Waals surface area contributed by atoms with E-state index in [-0.39, 0.29) is 48.5 Å². The maximum Gasteiger partial charge on any atom is 0.293 e. The molecule has 0 saturated carbocycles. The van der Waals surface area contributed by atoms with Crippen molar-refractivity contribution in [3.8, 4) is 28.1 Å². The predicted octanol–water partition coefficient (Wildman–Crippen LogP) is 5.32. The Morgan fingerprint density at radius 1 is 1.07 bits per heavy atom. The number of aliphatic hydroxyl groups is 1. The molecule has 1 saturated heterocycles. The van der Waals surface area contributed by atoms with E-state index in [1.54, 1.807) is 17.1 Å². The molecule has 58 heavy (non-hydrogen) atoms. The lowest BCUT2D eigenvalue weighted by Crippen LogP contribution is -2.58. The van der Waals surface area contributed by atoms with Crippen LogP contribution in [0.3, 0.4) is 0 Å². The number of carbonyl (C=O) groups excluding carboxylic acids is 4. The fraction of sp³-hybridized carbons (Fsp3) is 0.489. The van der Waals surface area contributed by atoms with E-state index in [9.17, 15) is 19.5 Å². The Balaban J connectivity index is 0.00000178. The van der Waals surface area contributed by atoms with Crippen molar-refractivity contribution >= 4 is 35.5 Å². The van der Waals surface area contributed by atoms with E-state index < -0.39 is 12.1 Å². The minimum atomic E-state index is -0.836. The molecule has 3 heterocycles. The summed E-state index contributed by atoms with van der Waals surface area (Å²) in [7, 11) is 3.74. The second kappa shape index (κ2) is 21.1. The van der Waals surface area contributed by atoms with Gasteiger partial charge >= 0.3 is 0 Å². The molecule has 2 unspecified atom stereocenters. The third-order valence-corrected chi connectivity index (χ3v) is 10.5. The van der Waals surface area contributed by atoms with Crippen molar-refractivity contribution in [3.63, 3.8) is 0 Å². The zero-order valence-corrected chi connectivity index (χ0v) is 35.4. The van der Waals surface area contributed by atoms with Crippen molar-refractivity contribution < 1.29 is 34.1 Å². The lowest BCUT2D eigenvalue weighted by Gasteiger charge is -2.33. The first-order valence-corrected chi connectivity index (χ1v) is 20.2. The van der Waals surface area contributed by atoms with Crippen molar-refractivity contribution in [1.82, 2.24) is 30.2 Å².